The summed E-state index contributed by atoms with van der Waals surface area (Å²) in [4.78, 5) is 24.0. The first-order valence-electron chi connectivity index (χ1n) is 6.19. The lowest BCUT2D eigenvalue weighted by Gasteiger charge is -2.01. The van der Waals surface area contributed by atoms with E-state index in [2.05, 4.69) is 5.32 Å². The summed E-state index contributed by atoms with van der Waals surface area (Å²) < 4.78 is 1.07. The number of hydrogen-bond acceptors (Lipinski definition) is 4. The predicted octanol–water partition coefficient (Wildman–Crippen LogP) is 4.22. The summed E-state index contributed by atoms with van der Waals surface area (Å²) in [6.45, 7) is 1.92. The molecule has 2 heterocycles. The Bertz CT molecular complexity index is 848. The number of fused-ring (bicyclic) bond motifs is 1. The number of nitrogens with one attached hydrogen (secondary N) is 1. The largest absolute Gasteiger partial charge is 0.477 e. The van der Waals surface area contributed by atoms with E-state index in [-0.39, 0.29) is 10.8 Å². The van der Waals surface area contributed by atoms with E-state index >= 15 is 0 Å². The predicted molar refractivity (Wildman–Crippen MR) is 85.8 cm³/mol. The summed E-state index contributed by atoms with van der Waals surface area (Å²) >= 11 is 2.49. The van der Waals surface area contributed by atoms with Crippen molar-refractivity contribution in [3.63, 3.8) is 0 Å². The molecule has 0 fully saturated rings. The minimum atomic E-state index is -0.987. The van der Waals surface area contributed by atoms with Gasteiger partial charge in [0.1, 0.15) is 4.88 Å². The number of benzene rings is 1. The zero-order chi connectivity index (χ0) is 15.0. The van der Waals surface area contributed by atoms with E-state index in [1.165, 1.54) is 17.4 Å². The number of rotatable bonds is 3. The van der Waals surface area contributed by atoms with Crippen molar-refractivity contribution in [2.24, 2.45) is 0 Å². The van der Waals surface area contributed by atoms with Gasteiger partial charge in [0.05, 0.1) is 9.88 Å². The SMILES string of the molecule is Cc1c(C(=O)Nc2ccc(C(=O)O)s2)sc2ccccc12. The lowest BCUT2D eigenvalue weighted by molar-refractivity contribution is 0.0702. The smallest absolute Gasteiger partial charge is 0.345 e. The van der Waals surface area contributed by atoms with E-state index in [9.17, 15) is 9.59 Å². The Labute approximate surface area is 128 Å². The van der Waals surface area contributed by atoms with E-state index in [0.717, 1.165) is 27.0 Å². The normalized spacial score (nSPS) is 10.7. The molecule has 2 N–H and O–H groups in total. The van der Waals surface area contributed by atoms with Crippen LogP contribution < -0.4 is 5.32 Å². The van der Waals surface area contributed by atoms with Crippen LogP contribution in [0.15, 0.2) is 36.4 Å². The van der Waals surface area contributed by atoms with Crippen LogP contribution in [0.25, 0.3) is 10.1 Å². The summed E-state index contributed by atoms with van der Waals surface area (Å²) in [5, 5.41) is 13.3. The van der Waals surface area contributed by atoms with Crippen molar-refractivity contribution in [3.8, 4) is 0 Å². The van der Waals surface area contributed by atoms with Crippen molar-refractivity contribution in [1.29, 1.82) is 0 Å². The standard InChI is InChI=1S/C15H11NO3S2/c1-8-9-4-2-3-5-10(9)21-13(8)14(17)16-12-7-6-11(20-12)15(18)19/h2-7H,1H3,(H,16,17)(H,18,19). The molecule has 0 saturated heterocycles. The number of carbonyl (C=O) groups is 2. The molecule has 0 unspecified atom stereocenters. The molecule has 1 amide bonds. The maximum Gasteiger partial charge on any atom is 0.345 e. The highest BCUT2D eigenvalue weighted by Gasteiger charge is 2.16. The van der Waals surface area contributed by atoms with E-state index in [1.807, 2.05) is 31.2 Å². The van der Waals surface area contributed by atoms with Crippen LogP contribution in [0.2, 0.25) is 0 Å². The molecular formula is C15H11NO3S2. The minimum absolute atomic E-state index is 0.201. The molecule has 3 aromatic rings. The van der Waals surface area contributed by atoms with Crippen molar-refractivity contribution >= 4 is 49.6 Å². The van der Waals surface area contributed by atoms with Gasteiger partial charge in [-0.1, -0.05) is 18.2 Å². The van der Waals surface area contributed by atoms with Crippen LogP contribution in [-0.2, 0) is 0 Å². The molecule has 4 nitrogen and oxygen atoms in total. The van der Waals surface area contributed by atoms with Crippen LogP contribution >= 0.6 is 22.7 Å². The Morgan fingerprint density at radius 2 is 1.86 bits per heavy atom. The number of thiophene rings is 2. The molecule has 3 rings (SSSR count). The lowest BCUT2D eigenvalue weighted by Crippen LogP contribution is -2.10. The zero-order valence-corrected chi connectivity index (χ0v) is 12.7. The van der Waals surface area contributed by atoms with E-state index in [1.54, 1.807) is 6.07 Å². The van der Waals surface area contributed by atoms with E-state index in [4.69, 9.17) is 5.11 Å². The fourth-order valence-electron chi connectivity index (χ4n) is 2.08. The van der Waals surface area contributed by atoms with E-state index < -0.39 is 5.97 Å². The van der Waals surface area contributed by atoms with Crippen molar-refractivity contribution in [1.82, 2.24) is 0 Å². The summed E-state index contributed by atoms with van der Waals surface area (Å²) in [5.41, 5.74) is 0.947. The molecule has 0 atom stereocenters. The minimum Gasteiger partial charge on any atom is -0.477 e. The van der Waals surface area contributed by atoms with Crippen molar-refractivity contribution in [3.05, 3.63) is 51.7 Å². The van der Waals surface area contributed by atoms with Crippen LogP contribution in [-0.4, -0.2) is 17.0 Å². The van der Waals surface area contributed by atoms with Gasteiger partial charge >= 0.3 is 5.97 Å². The number of amides is 1. The molecule has 0 saturated carbocycles. The Morgan fingerprint density at radius 3 is 2.52 bits per heavy atom. The van der Waals surface area contributed by atoms with Gasteiger partial charge in [0, 0.05) is 4.70 Å². The number of hydrogen-bond donors (Lipinski definition) is 2. The highest BCUT2D eigenvalue weighted by Crippen LogP contribution is 2.31. The number of carboxylic acids is 1. The molecule has 1 aromatic carbocycles. The van der Waals surface area contributed by atoms with Crippen molar-refractivity contribution < 1.29 is 14.7 Å². The molecule has 21 heavy (non-hydrogen) atoms. The molecule has 6 heteroatoms. The van der Waals surface area contributed by atoms with Crippen LogP contribution in [0.1, 0.15) is 24.9 Å². The molecule has 0 aliphatic rings. The first kappa shape index (κ1) is 13.8. The second-order valence-corrected chi connectivity index (χ2v) is 6.61. The number of carbonyl (C=O) groups excluding carboxylic acids is 1. The van der Waals surface area contributed by atoms with Crippen LogP contribution in [0.3, 0.4) is 0 Å². The third kappa shape index (κ3) is 2.55. The van der Waals surface area contributed by atoms with Crippen LogP contribution in [0, 0.1) is 6.92 Å². The van der Waals surface area contributed by atoms with Gasteiger partial charge in [0.15, 0.2) is 0 Å². The third-order valence-corrected chi connectivity index (χ3v) is 5.36. The molecule has 0 spiro atoms. The Hall–Kier alpha value is -2.18. The summed E-state index contributed by atoms with van der Waals surface area (Å²) in [6.07, 6.45) is 0. The number of aryl methyl sites for hydroxylation is 1. The van der Waals surface area contributed by atoms with Crippen LogP contribution in [0.4, 0.5) is 5.00 Å². The lowest BCUT2D eigenvalue weighted by atomic mass is 10.1. The van der Waals surface area contributed by atoms with Gasteiger partial charge in [-0.2, -0.15) is 0 Å². The molecule has 0 bridgehead atoms. The average molecular weight is 317 g/mol. The topological polar surface area (TPSA) is 66.4 Å². The van der Waals surface area contributed by atoms with Gasteiger partial charge < -0.3 is 10.4 Å². The third-order valence-electron chi connectivity index (χ3n) is 3.10. The quantitative estimate of drug-likeness (QED) is 0.760. The fraction of sp³-hybridized carbons (Fsp3) is 0.0667. The van der Waals surface area contributed by atoms with Gasteiger partial charge in [-0.05, 0) is 36.1 Å². The van der Waals surface area contributed by atoms with Crippen LogP contribution in [0.5, 0.6) is 0 Å². The molecule has 106 valence electrons. The molecule has 0 radical (unpaired) electrons. The van der Waals surface area contributed by atoms with Gasteiger partial charge in [-0.25, -0.2) is 4.79 Å². The number of carboxylic acid groups (broad SMARTS) is 1. The Kier molecular flexibility index (Phi) is 3.48. The van der Waals surface area contributed by atoms with Gasteiger partial charge in [0.25, 0.3) is 5.91 Å². The highest BCUT2D eigenvalue weighted by molar-refractivity contribution is 7.21. The van der Waals surface area contributed by atoms with Gasteiger partial charge in [-0.15, -0.1) is 22.7 Å². The summed E-state index contributed by atoms with van der Waals surface area (Å²) in [6, 6.07) is 11.0. The first-order valence-corrected chi connectivity index (χ1v) is 7.82. The number of anilines is 1. The van der Waals surface area contributed by atoms with Crippen molar-refractivity contribution in [2.45, 2.75) is 6.92 Å². The molecular weight excluding hydrogens is 306 g/mol. The second kappa shape index (κ2) is 5.31. The second-order valence-electron chi connectivity index (χ2n) is 4.48. The highest BCUT2D eigenvalue weighted by atomic mass is 32.1. The zero-order valence-electron chi connectivity index (χ0n) is 11.0. The molecule has 0 aliphatic carbocycles. The van der Waals surface area contributed by atoms with Crippen molar-refractivity contribution in [2.75, 3.05) is 5.32 Å². The van der Waals surface area contributed by atoms with E-state index in [0.29, 0.717) is 9.88 Å². The number of aromatic carboxylic acids is 1. The fourth-order valence-corrected chi connectivity index (χ4v) is 3.92. The Balaban J connectivity index is 1.89. The van der Waals surface area contributed by atoms with Gasteiger partial charge in [0.2, 0.25) is 0 Å². The average Bonchev–Trinajstić information content (AvgIpc) is 3.05. The van der Waals surface area contributed by atoms with Gasteiger partial charge in [-0.3, -0.25) is 4.79 Å². The maximum atomic E-state index is 12.3. The first-order chi connectivity index (χ1) is 10.1. The summed E-state index contributed by atoms with van der Waals surface area (Å²) in [5.74, 6) is -1.19. The molecule has 0 aliphatic heterocycles. The monoisotopic (exact) mass is 317 g/mol. The summed E-state index contributed by atoms with van der Waals surface area (Å²) in [7, 11) is 0. The molecule has 2 aromatic heterocycles. The Morgan fingerprint density at radius 1 is 1.10 bits per heavy atom. The maximum absolute atomic E-state index is 12.3.